The fraction of sp³-hybridized carbons (Fsp3) is 0.647. The third-order valence-electron chi connectivity index (χ3n) is 3.98. The molecule has 2 rings (SSSR count). The molecule has 6 heteroatoms. The number of piperazine rings is 1. The number of amides is 1. The molecular weight excluding hydrogens is 292 g/mol. The van der Waals surface area contributed by atoms with Crippen LogP contribution < -0.4 is 5.73 Å². The lowest BCUT2D eigenvalue weighted by Gasteiger charge is -2.44. The Bertz CT molecular complexity index is 539. The number of hydrogen-bond acceptors (Lipinski definition) is 5. The van der Waals surface area contributed by atoms with Crippen molar-refractivity contribution in [1.82, 2.24) is 14.8 Å². The minimum Gasteiger partial charge on any atom is -0.444 e. The fourth-order valence-corrected chi connectivity index (χ4v) is 2.76. The highest BCUT2D eigenvalue weighted by Crippen LogP contribution is 2.20. The van der Waals surface area contributed by atoms with Crippen LogP contribution in [-0.4, -0.2) is 51.7 Å². The van der Waals surface area contributed by atoms with E-state index in [9.17, 15) is 4.79 Å². The molecule has 0 spiro atoms. The maximum Gasteiger partial charge on any atom is 0.410 e. The molecule has 0 radical (unpaired) electrons. The van der Waals surface area contributed by atoms with Crippen LogP contribution in [0.3, 0.4) is 0 Å². The predicted molar refractivity (Wildman–Crippen MR) is 90.9 cm³/mol. The molecule has 0 bridgehead atoms. The number of nitrogens with zero attached hydrogens (tertiary/aromatic N) is 3. The lowest BCUT2D eigenvalue weighted by Crippen LogP contribution is -2.58. The number of aromatic nitrogens is 1. The molecule has 1 aromatic heterocycles. The molecule has 0 unspecified atom stereocenters. The van der Waals surface area contributed by atoms with E-state index in [4.69, 9.17) is 10.5 Å². The summed E-state index contributed by atoms with van der Waals surface area (Å²) in [6.45, 7) is 12.2. The number of rotatable bonds is 2. The first kappa shape index (κ1) is 17.5. The predicted octanol–water partition coefficient (Wildman–Crippen LogP) is 2.49. The topological polar surface area (TPSA) is 71.7 Å². The molecular formula is C17H28N4O2. The number of carbonyl (C=O) groups is 1. The number of carbonyl (C=O) groups excluding carboxylic acids is 1. The van der Waals surface area contributed by atoms with Crippen LogP contribution in [0, 0.1) is 0 Å². The van der Waals surface area contributed by atoms with E-state index in [0.717, 1.165) is 18.7 Å². The quantitative estimate of drug-likeness (QED) is 0.906. The van der Waals surface area contributed by atoms with Crippen molar-refractivity contribution < 1.29 is 9.53 Å². The molecule has 1 aliphatic rings. The van der Waals surface area contributed by atoms with E-state index < -0.39 is 5.60 Å². The summed E-state index contributed by atoms with van der Waals surface area (Å²) in [5.74, 6) is 0.532. The molecule has 23 heavy (non-hydrogen) atoms. The van der Waals surface area contributed by atoms with Gasteiger partial charge in [-0.1, -0.05) is 6.07 Å². The van der Waals surface area contributed by atoms with Gasteiger partial charge in [-0.3, -0.25) is 4.90 Å². The van der Waals surface area contributed by atoms with Gasteiger partial charge in [0.25, 0.3) is 0 Å². The Morgan fingerprint density at radius 1 is 1.30 bits per heavy atom. The lowest BCUT2D eigenvalue weighted by atomic mass is 10.1. The monoisotopic (exact) mass is 320 g/mol. The van der Waals surface area contributed by atoms with Crippen molar-refractivity contribution in [1.29, 1.82) is 0 Å². The van der Waals surface area contributed by atoms with Gasteiger partial charge in [0.2, 0.25) is 0 Å². The van der Waals surface area contributed by atoms with Gasteiger partial charge in [0, 0.05) is 37.9 Å². The van der Waals surface area contributed by atoms with E-state index in [-0.39, 0.29) is 18.2 Å². The van der Waals surface area contributed by atoms with Crippen LogP contribution in [0.25, 0.3) is 0 Å². The molecule has 2 N–H and O–H groups in total. The highest BCUT2D eigenvalue weighted by atomic mass is 16.6. The normalized spacial score (nSPS) is 22.9. The minimum absolute atomic E-state index is 0.114. The van der Waals surface area contributed by atoms with Crippen LogP contribution in [0.1, 0.15) is 40.2 Å². The van der Waals surface area contributed by atoms with Crippen LogP contribution in [0.2, 0.25) is 0 Å². The molecule has 0 aromatic carbocycles. The zero-order valence-corrected chi connectivity index (χ0v) is 14.7. The van der Waals surface area contributed by atoms with Gasteiger partial charge in [-0.25, -0.2) is 9.78 Å². The van der Waals surface area contributed by atoms with Gasteiger partial charge in [0.1, 0.15) is 11.4 Å². The molecule has 1 amide bonds. The van der Waals surface area contributed by atoms with Gasteiger partial charge in [-0.15, -0.1) is 0 Å². The Labute approximate surface area is 138 Å². The molecule has 128 valence electrons. The second kappa shape index (κ2) is 6.74. The molecule has 2 heterocycles. The van der Waals surface area contributed by atoms with Crippen LogP contribution in [0.5, 0.6) is 0 Å². The third-order valence-corrected chi connectivity index (χ3v) is 3.98. The fourth-order valence-electron chi connectivity index (χ4n) is 2.76. The highest BCUT2D eigenvalue weighted by molar-refractivity contribution is 5.68. The van der Waals surface area contributed by atoms with Crippen LogP contribution in [-0.2, 0) is 11.3 Å². The van der Waals surface area contributed by atoms with Gasteiger partial charge in [-0.2, -0.15) is 0 Å². The second-order valence-electron chi connectivity index (χ2n) is 7.35. The molecule has 0 saturated carbocycles. The van der Waals surface area contributed by atoms with Gasteiger partial charge in [-0.05, 0) is 46.2 Å². The maximum absolute atomic E-state index is 12.3. The van der Waals surface area contributed by atoms with E-state index in [1.165, 1.54) is 0 Å². The summed E-state index contributed by atoms with van der Waals surface area (Å²) in [4.78, 5) is 20.7. The molecule has 1 aliphatic heterocycles. The van der Waals surface area contributed by atoms with Crippen molar-refractivity contribution in [3.63, 3.8) is 0 Å². The van der Waals surface area contributed by atoms with Crippen molar-refractivity contribution in [3.8, 4) is 0 Å². The van der Waals surface area contributed by atoms with E-state index >= 15 is 0 Å². The number of nitrogens with two attached hydrogens (primary N) is 1. The van der Waals surface area contributed by atoms with Crippen LogP contribution >= 0.6 is 0 Å². The first-order chi connectivity index (χ1) is 10.7. The molecule has 2 atom stereocenters. The number of nitrogen functional groups attached to an aromatic ring is 1. The Morgan fingerprint density at radius 2 is 2.00 bits per heavy atom. The molecule has 1 aromatic rings. The first-order valence-corrected chi connectivity index (χ1v) is 8.10. The average molecular weight is 320 g/mol. The number of anilines is 1. The average Bonchev–Trinajstić information content (AvgIpc) is 2.43. The molecule has 0 aliphatic carbocycles. The Morgan fingerprint density at radius 3 is 2.57 bits per heavy atom. The first-order valence-electron chi connectivity index (χ1n) is 8.10. The van der Waals surface area contributed by atoms with Crippen molar-refractivity contribution in [2.45, 2.75) is 58.8 Å². The SMILES string of the molecule is C[C@H]1CN(C(=O)OC(C)(C)C)[C@@H](C)CN1Cc1ccc(N)nc1. The van der Waals surface area contributed by atoms with Gasteiger partial charge >= 0.3 is 6.09 Å². The number of pyridine rings is 1. The number of hydrogen-bond donors (Lipinski definition) is 1. The second-order valence-corrected chi connectivity index (χ2v) is 7.35. The Kier molecular flexibility index (Phi) is 5.14. The molecule has 6 nitrogen and oxygen atoms in total. The van der Waals surface area contributed by atoms with Crippen LogP contribution in [0.4, 0.5) is 10.6 Å². The Balaban J connectivity index is 1.98. The van der Waals surface area contributed by atoms with Crippen molar-refractivity contribution in [2.24, 2.45) is 0 Å². The van der Waals surface area contributed by atoms with E-state index in [0.29, 0.717) is 12.4 Å². The summed E-state index contributed by atoms with van der Waals surface area (Å²) in [5.41, 5.74) is 6.29. The Hall–Kier alpha value is -1.82. The summed E-state index contributed by atoms with van der Waals surface area (Å²) in [6.07, 6.45) is 1.58. The summed E-state index contributed by atoms with van der Waals surface area (Å²) < 4.78 is 5.51. The summed E-state index contributed by atoms with van der Waals surface area (Å²) in [5, 5.41) is 0. The van der Waals surface area contributed by atoms with Crippen molar-refractivity contribution in [2.75, 3.05) is 18.8 Å². The van der Waals surface area contributed by atoms with E-state index in [1.807, 2.05) is 44.0 Å². The molecule has 1 fully saturated rings. The standard InChI is InChI=1S/C17H28N4O2/c1-12-10-21(16(22)23-17(3,4)5)13(2)9-20(12)11-14-6-7-15(18)19-8-14/h6-8,12-13H,9-11H2,1-5H3,(H2,18,19)/t12-,13-/m0/s1. The summed E-state index contributed by atoms with van der Waals surface area (Å²) in [6, 6.07) is 4.19. The van der Waals surface area contributed by atoms with Crippen molar-refractivity contribution >= 4 is 11.9 Å². The smallest absolute Gasteiger partial charge is 0.410 e. The zero-order valence-electron chi connectivity index (χ0n) is 14.7. The van der Waals surface area contributed by atoms with Crippen molar-refractivity contribution in [3.05, 3.63) is 23.9 Å². The zero-order chi connectivity index (χ0) is 17.2. The molecule has 1 saturated heterocycles. The number of ether oxygens (including phenoxy) is 1. The van der Waals surface area contributed by atoms with Gasteiger partial charge < -0.3 is 15.4 Å². The van der Waals surface area contributed by atoms with E-state index in [2.05, 4.69) is 23.7 Å². The van der Waals surface area contributed by atoms with Crippen LogP contribution in [0.15, 0.2) is 18.3 Å². The summed E-state index contributed by atoms with van der Waals surface area (Å²) in [7, 11) is 0. The third kappa shape index (κ3) is 4.82. The van der Waals surface area contributed by atoms with Gasteiger partial charge in [0.05, 0.1) is 0 Å². The largest absolute Gasteiger partial charge is 0.444 e. The highest BCUT2D eigenvalue weighted by Gasteiger charge is 2.34. The lowest BCUT2D eigenvalue weighted by molar-refractivity contribution is -0.0117. The van der Waals surface area contributed by atoms with Gasteiger partial charge in [0.15, 0.2) is 0 Å². The van der Waals surface area contributed by atoms with E-state index in [1.54, 1.807) is 0 Å². The minimum atomic E-state index is -0.465. The maximum atomic E-state index is 12.3. The summed E-state index contributed by atoms with van der Waals surface area (Å²) >= 11 is 0.